The number of rotatable bonds is 4. The van der Waals surface area contributed by atoms with Crippen molar-refractivity contribution in [3.8, 4) is 11.4 Å². The van der Waals surface area contributed by atoms with Gasteiger partial charge in [-0.05, 0) is 31.9 Å². The van der Waals surface area contributed by atoms with Gasteiger partial charge >= 0.3 is 0 Å². The van der Waals surface area contributed by atoms with E-state index in [0.29, 0.717) is 35.2 Å². The van der Waals surface area contributed by atoms with E-state index in [1.54, 1.807) is 34.9 Å². The molecule has 1 aliphatic heterocycles. The normalized spacial score (nSPS) is 17.1. The van der Waals surface area contributed by atoms with Gasteiger partial charge in [-0.3, -0.25) is 9.78 Å². The number of amides is 1. The third-order valence-electron chi connectivity index (χ3n) is 5.16. The molecule has 8 nitrogen and oxygen atoms in total. The number of aryl methyl sites for hydroxylation is 1. The van der Waals surface area contributed by atoms with Gasteiger partial charge in [0.1, 0.15) is 9.77 Å². The molecule has 0 saturated carbocycles. The number of likely N-dealkylation sites (tertiary alicyclic amines) is 1. The van der Waals surface area contributed by atoms with Crippen molar-refractivity contribution in [2.45, 2.75) is 30.6 Å². The molecular formula is C20H21N5O3S2. The van der Waals surface area contributed by atoms with E-state index in [0.717, 1.165) is 24.7 Å². The molecule has 1 saturated heterocycles. The summed E-state index contributed by atoms with van der Waals surface area (Å²) >= 11 is 1.33. The smallest absolute Gasteiger partial charge is 0.265 e. The first-order chi connectivity index (χ1) is 14.3. The Kier molecular flexibility index (Phi) is 5.61. The Labute approximate surface area is 179 Å². The monoisotopic (exact) mass is 443 g/mol. The van der Waals surface area contributed by atoms with Gasteiger partial charge in [0.2, 0.25) is 0 Å². The number of hydrogen-bond donors (Lipinski definition) is 0. The van der Waals surface area contributed by atoms with Crippen LogP contribution in [-0.4, -0.2) is 58.5 Å². The van der Waals surface area contributed by atoms with Crippen LogP contribution in [0.15, 0.2) is 41.1 Å². The van der Waals surface area contributed by atoms with E-state index in [4.69, 9.17) is 0 Å². The lowest BCUT2D eigenvalue weighted by molar-refractivity contribution is 0.0709. The van der Waals surface area contributed by atoms with Crippen LogP contribution in [0.1, 0.15) is 39.8 Å². The maximum Gasteiger partial charge on any atom is 0.265 e. The summed E-state index contributed by atoms with van der Waals surface area (Å²) in [6, 6.07) is 3.56. The molecule has 1 atom stereocenters. The van der Waals surface area contributed by atoms with E-state index < -0.39 is 9.84 Å². The van der Waals surface area contributed by atoms with Crippen LogP contribution in [0, 0.1) is 6.92 Å². The van der Waals surface area contributed by atoms with E-state index in [-0.39, 0.29) is 16.7 Å². The van der Waals surface area contributed by atoms with Crippen molar-refractivity contribution in [2.75, 3.05) is 19.3 Å². The molecule has 1 aliphatic rings. The Bertz CT molecular complexity index is 1180. The number of aromatic nitrogens is 4. The summed E-state index contributed by atoms with van der Waals surface area (Å²) < 4.78 is 24.8. The van der Waals surface area contributed by atoms with Crippen molar-refractivity contribution in [3.63, 3.8) is 0 Å². The molecule has 3 aromatic heterocycles. The Morgan fingerprint density at radius 1 is 1.23 bits per heavy atom. The average Bonchev–Trinajstić information content (AvgIpc) is 3.18. The van der Waals surface area contributed by atoms with Gasteiger partial charge in [-0.25, -0.2) is 23.4 Å². The fourth-order valence-corrected chi connectivity index (χ4v) is 5.24. The number of pyridine rings is 1. The number of carbonyl (C=O) groups excluding carboxylic acids is 1. The number of piperidine rings is 1. The van der Waals surface area contributed by atoms with Crippen LogP contribution in [0.4, 0.5) is 0 Å². The second-order valence-corrected chi connectivity index (χ2v) is 10.1. The molecule has 10 heteroatoms. The van der Waals surface area contributed by atoms with Gasteiger partial charge in [-0.15, -0.1) is 11.3 Å². The lowest BCUT2D eigenvalue weighted by atomic mass is 9.94. The SMILES string of the molecule is Cc1ncsc1C(=O)N1CCC[C@@H](c2nc(-c3ccncc3)ncc2S(C)(=O)=O)C1. The molecule has 4 heterocycles. The van der Waals surface area contributed by atoms with Crippen molar-refractivity contribution in [1.29, 1.82) is 0 Å². The minimum absolute atomic E-state index is 0.0657. The molecule has 0 N–H and O–H groups in total. The van der Waals surface area contributed by atoms with E-state index >= 15 is 0 Å². The van der Waals surface area contributed by atoms with Crippen molar-refractivity contribution in [3.05, 3.63) is 52.5 Å². The van der Waals surface area contributed by atoms with Gasteiger partial charge in [0.25, 0.3) is 5.91 Å². The second-order valence-electron chi connectivity index (χ2n) is 7.31. The fourth-order valence-electron chi connectivity index (χ4n) is 3.64. The van der Waals surface area contributed by atoms with E-state index in [1.165, 1.54) is 17.5 Å². The minimum atomic E-state index is -3.52. The summed E-state index contributed by atoms with van der Waals surface area (Å²) in [6.45, 7) is 2.85. The highest BCUT2D eigenvalue weighted by Gasteiger charge is 2.31. The van der Waals surface area contributed by atoms with Crippen LogP contribution < -0.4 is 0 Å². The molecular weight excluding hydrogens is 422 g/mol. The lowest BCUT2D eigenvalue weighted by Crippen LogP contribution is -2.39. The molecule has 156 valence electrons. The molecule has 1 amide bonds. The predicted octanol–water partition coefficient (Wildman–Crippen LogP) is 2.73. The van der Waals surface area contributed by atoms with E-state index in [1.807, 2.05) is 6.92 Å². The van der Waals surface area contributed by atoms with Crippen molar-refractivity contribution < 1.29 is 13.2 Å². The quantitative estimate of drug-likeness (QED) is 0.610. The molecule has 4 rings (SSSR count). The van der Waals surface area contributed by atoms with Crippen LogP contribution in [0.5, 0.6) is 0 Å². The molecule has 0 spiro atoms. The number of nitrogens with zero attached hydrogens (tertiary/aromatic N) is 5. The number of thiazole rings is 1. The van der Waals surface area contributed by atoms with Gasteiger partial charge in [-0.2, -0.15) is 0 Å². The third kappa shape index (κ3) is 4.10. The maximum absolute atomic E-state index is 13.0. The van der Waals surface area contributed by atoms with Crippen LogP contribution in [0.3, 0.4) is 0 Å². The first kappa shape index (κ1) is 20.5. The molecule has 0 unspecified atom stereocenters. The minimum Gasteiger partial charge on any atom is -0.337 e. The highest BCUT2D eigenvalue weighted by atomic mass is 32.2. The molecule has 0 aromatic carbocycles. The largest absolute Gasteiger partial charge is 0.337 e. The molecule has 0 bridgehead atoms. The Morgan fingerprint density at radius 2 is 2.00 bits per heavy atom. The predicted molar refractivity (Wildman–Crippen MR) is 113 cm³/mol. The van der Waals surface area contributed by atoms with Gasteiger partial charge in [0, 0.05) is 49.4 Å². The molecule has 30 heavy (non-hydrogen) atoms. The Morgan fingerprint density at radius 3 is 2.67 bits per heavy atom. The average molecular weight is 444 g/mol. The summed E-state index contributed by atoms with van der Waals surface area (Å²) in [5.41, 5.74) is 3.61. The zero-order chi connectivity index (χ0) is 21.3. The van der Waals surface area contributed by atoms with E-state index in [9.17, 15) is 13.2 Å². The number of sulfone groups is 1. The summed E-state index contributed by atoms with van der Waals surface area (Å²) in [6.07, 6.45) is 7.34. The standard InChI is InChI=1S/C20H21N5O3S2/c1-13-18(29-12-23-13)20(26)25-9-3-4-15(11-25)17-16(30(2,27)28)10-22-19(24-17)14-5-7-21-8-6-14/h5-8,10,12,15H,3-4,9,11H2,1-2H3/t15-/m1/s1. The zero-order valence-electron chi connectivity index (χ0n) is 16.6. The molecule has 3 aromatic rings. The number of carbonyl (C=O) groups is 1. The number of hydrogen-bond acceptors (Lipinski definition) is 8. The zero-order valence-corrected chi connectivity index (χ0v) is 18.3. The van der Waals surface area contributed by atoms with Crippen LogP contribution >= 0.6 is 11.3 Å². The van der Waals surface area contributed by atoms with Crippen molar-refractivity contribution in [2.24, 2.45) is 0 Å². The van der Waals surface area contributed by atoms with Gasteiger partial charge in [-0.1, -0.05) is 0 Å². The maximum atomic E-state index is 13.0. The molecule has 0 aliphatic carbocycles. The lowest BCUT2D eigenvalue weighted by Gasteiger charge is -2.33. The van der Waals surface area contributed by atoms with Gasteiger partial charge in [0.15, 0.2) is 15.7 Å². The van der Waals surface area contributed by atoms with Crippen LogP contribution in [0.25, 0.3) is 11.4 Å². The van der Waals surface area contributed by atoms with Crippen molar-refractivity contribution in [1.82, 2.24) is 24.8 Å². The van der Waals surface area contributed by atoms with Gasteiger partial charge in [0.05, 0.1) is 16.9 Å². The Hall–Kier alpha value is -2.72. The molecule has 1 fully saturated rings. The highest BCUT2D eigenvalue weighted by Crippen LogP contribution is 2.32. The topological polar surface area (TPSA) is 106 Å². The summed E-state index contributed by atoms with van der Waals surface area (Å²) in [7, 11) is -3.52. The third-order valence-corrected chi connectivity index (χ3v) is 7.19. The van der Waals surface area contributed by atoms with Crippen LogP contribution in [0.2, 0.25) is 0 Å². The van der Waals surface area contributed by atoms with E-state index in [2.05, 4.69) is 19.9 Å². The Balaban J connectivity index is 1.71. The molecule has 0 radical (unpaired) electrons. The van der Waals surface area contributed by atoms with Gasteiger partial charge < -0.3 is 4.90 Å². The summed E-state index contributed by atoms with van der Waals surface area (Å²) in [4.78, 5) is 32.6. The fraction of sp³-hybridized carbons (Fsp3) is 0.350. The van der Waals surface area contributed by atoms with Crippen LogP contribution in [-0.2, 0) is 9.84 Å². The van der Waals surface area contributed by atoms with Crippen molar-refractivity contribution >= 4 is 27.1 Å². The summed E-state index contributed by atoms with van der Waals surface area (Å²) in [5, 5.41) is 0. The highest BCUT2D eigenvalue weighted by molar-refractivity contribution is 7.90. The second kappa shape index (κ2) is 8.19. The summed E-state index contributed by atoms with van der Waals surface area (Å²) in [5.74, 6) is 0.190. The first-order valence-electron chi connectivity index (χ1n) is 9.51. The first-order valence-corrected chi connectivity index (χ1v) is 12.3.